The number of allylic oxidation sites excluding steroid dienone is 1. The lowest BCUT2D eigenvalue weighted by Crippen LogP contribution is -2.54. The summed E-state index contributed by atoms with van der Waals surface area (Å²) >= 11 is 3.54. The molecule has 0 aromatic heterocycles. The lowest BCUT2D eigenvalue weighted by atomic mass is 9.84. The van der Waals surface area contributed by atoms with Crippen LogP contribution >= 0.6 is 16.1 Å². The molecule has 0 amide bonds. The molecule has 2 atom stereocenters. The Labute approximate surface area is 122 Å². The molecule has 102 valence electrons. The van der Waals surface area contributed by atoms with Crippen LogP contribution in [0.5, 0.6) is 0 Å². The molecule has 1 fully saturated rings. The number of hydrogen-bond donors (Lipinski definition) is 0. The zero-order valence-corrected chi connectivity index (χ0v) is 12.8. The second kappa shape index (κ2) is 4.87. The number of dihydropyridines is 1. The number of ketones is 1. The maximum absolute atomic E-state index is 11.9. The number of halogens is 1. The Bertz CT molecular complexity index is 495. The minimum absolute atomic E-state index is 0.0388. The third-order valence-corrected chi connectivity index (χ3v) is 4.54. The first-order valence-electron chi connectivity index (χ1n) is 6.71. The molecule has 3 aliphatic rings. The van der Waals surface area contributed by atoms with E-state index in [2.05, 4.69) is 46.0 Å². The molecule has 1 saturated heterocycles. The summed E-state index contributed by atoms with van der Waals surface area (Å²) in [6.45, 7) is 4.85. The minimum Gasteiger partial charge on any atom is -0.298 e. The molecule has 0 bridgehead atoms. The molecule has 0 N–H and O–H groups in total. The molecule has 3 aliphatic heterocycles. The Kier molecular flexibility index (Phi) is 3.35. The highest BCUT2D eigenvalue weighted by Gasteiger charge is 2.41. The van der Waals surface area contributed by atoms with Crippen LogP contribution in [0.1, 0.15) is 26.7 Å². The van der Waals surface area contributed by atoms with E-state index in [1.54, 1.807) is 0 Å². The Balaban J connectivity index is 2.04. The van der Waals surface area contributed by atoms with Gasteiger partial charge < -0.3 is 0 Å². The highest BCUT2D eigenvalue weighted by atomic mass is 79.9. The summed E-state index contributed by atoms with van der Waals surface area (Å²) in [7, 11) is 0. The van der Waals surface area contributed by atoms with Crippen LogP contribution in [0.3, 0.4) is 0 Å². The van der Waals surface area contributed by atoms with Gasteiger partial charge in [-0.25, -0.2) is 0 Å². The zero-order valence-electron chi connectivity index (χ0n) is 11.2. The molecule has 0 spiro atoms. The predicted octanol–water partition coefficient (Wildman–Crippen LogP) is 2.27. The Morgan fingerprint density at radius 2 is 2.26 bits per heavy atom. The van der Waals surface area contributed by atoms with Crippen molar-refractivity contribution in [3.63, 3.8) is 0 Å². The fourth-order valence-electron chi connectivity index (χ4n) is 3.12. The van der Waals surface area contributed by atoms with Crippen molar-refractivity contribution in [2.24, 2.45) is 4.99 Å². The first-order chi connectivity index (χ1) is 9.08. The van der Waals surface area contributed by atoms with Gasteiger partial charge in [0.15, 0.2) is 11.9 Å². The first kappa shape index (κ1) is 13.1. The van der Waals surface area contributed by atoms with Crippen LogP contribution in [-0.2, 0) is 4.79 Å². The van der Waals surface area contributed by atoms with Crippen LogP contribution in [0.25, 0.3) is 0 Å². The zero-order chi connectivity index (χ0) is 13.6. The topological polar surface area (TPSA) is 35.9 Å². The molecule has 0 aromatic rings. The summed E-state index contributed by atoms with van der Waals surface area (Å²) in [4.78, 5) is 18.8. The Morgan fingerprint density at radius 1 is 1.47 bits per heavy atom. The van der Waals surface area contributed by atoms with Crippen LogP contribution in [-0.4, -0.2) is 45.6 Å². The van der Waals surface area contributed by atoms with Crippen LogP contribution in [0, 0.1) is 0 Å². The SMILES string of the molecule is CC(C)N1CC(=O)CC2=CN(Br)C3N=CCC=C3C21. The molecular weight excluding hydrogens is 306 g/mol. The predicted molar refractivity (Wildman–Crippen MR) is 79.1 cm³/mol. The van der Waals surface area contributed by atoms with E-state index < -0.39 is 0 Å². The number of hydrogen-bond acceptors (Lipinski definition) is 4. The van der Waals surface area contributed by atoms with Gasteiger partial charge >= 0.3 is 0 Å². The normalized spacial score (nSPS) is 30.9. The quantitative estimate of drug-likeness (QED) is 0.548. The standard InChI is InChI=1S/C14H18BrN3O/c1-9(2)17-8-11(19)6-10-7-18(15)14-12(13(10)17)4-3-5-16-14/h4-5,7,9,13-14H,3,6,8H2,1-2H3. The summed E-state index contributed by atoms with van der Waals surface area (Å²) in [6.07, 6.45) is 7.74. The third-order valence-electron chi connectivity index (χ3n) is 3.95. The fraction of sp³-hybridized carbons (Fsp3) is 0.571. The van der Waals surface area contributed by atoms with Crippen molar-refractivity contribution in [1.29, 1.82) is 0 Å². The maximum atomic E-state index is 11.9. The fourth-order valence-corrected chi connectivity index (χ4v) is 3.72. The summed E-state index contributed by atoms with van der Waals surface area (Å²) < 4.78 is 1.94. The monoisotopic (exact) mass is 323 g/mol. The maximum Gasteiger partial charge on any atom is 0.153 e. The van der Waals surface area contributed by atoms with Gasteiger partial charge in [-0.15, -0.1) is 0 Å². The summed E-state index contributed by atoms with van der Waals surface area (Å²) in [6, 6.07) is 0.598. The van der Waals surface area contributed by atoms with Gasteiger partial charge in [-0.1, -0.05) is 6.08 Å². The number of Topliss-reactive ketones (excluding diaryl/α,β-unsaturated/α-hetero) is 1. The van der Waals surface area contributed by atoms with Gasteiger partial charge in [0.1, 0.15) is 0 Å². The van der Waals surface area contributed by atoms with Crippen molar-refractivity contribution < 1.29 is 4.79 Å². The van der Waals surface area contributed by atoms with E-state index in [9.17, 15) is 4.79 Å². The van der Waals surface area contributed by atoms with E-state index in [0.717, 1.165) is 6.42 Å². The lowest BCUT2D eigenvalue weighted by molar-refractivity contribution is -0.122. The molecule has 0 radical (unpaired) electrons. The van der Waals surface area contributed by atoms with E-state index in [4.69, 9.17) is 0 Å². The van der Waals surface area contributed by atoms with Crippen LogP contribution in [0.2, 0.25) is 0 Å². The second-order valence-corrected chi connectivity index (χ2v) is 6.40. The number of fused-ring (bicyclic) bond motifs is 3. The molecule has 5 heteroatoms. The number of nitrogens with zero attached hydrogens (tertiary/aromatic N) is 3. The summed E-state index contributed by atoms with van der Waals surface area (Å²) in [5, 5.41) is 0. The van der Waals surface area contributed by atoms with E-state index >= 15 is 0 Å². The minimum atomic E-state index is 0.0388. The van der Waals surface area contributed by atoms with Crippen LogP contribution in [0.4, 0.5) is 0 Å². The number of carbonyl (C=O) groups is 1. The number of likely N-dealkylation sites (tertiary alicyclic amines) is 1. The average molecular weight is 324 g/mol. The van der Waals surface area contributed by atoms with Gasteiger partial charge in [0.2, 0.25) is 0 Å². The molecule has 4 nitrogen and oxygen atoms in total. The number of carbonyl (C=O) groups excluding carboxylic acids is 1. The van der Waals surface area contributed by atoms with Crippen molar-refractivity contribution >= 4 is 28.1 Å². The first-order valence-corrected chi connectivity index (χ1v) is 7.42. The van der Waals surface area contributed by atoms with E-state index in [1.807, 2.05) is 16.3 Å². The van der Waals surface area contributed by atoms with Gasteiger partial charge in [-0.2, -0.15) is 0 Å². The summed E-state index contributed by atoms with van der Waals surface area (Å²) in [5.41, 5.74) is 2.49. The average Bonchev–Trinajstić information content (AvgIpc) is 2.37. The molecule has 0 aliphatic carbocycles. The van der Waals surface area contributed by atoms with Crippen LogP contribution < -0.4 is 0 Å². The molecule has 3 rings (SSSR count). The second-order valence-electron chi connectivity index (χ2n) is 5.58. The molecular formula is C14H18BrN3O. The van der Waals surface area contributed by atoms with Gasteiger partial charge in [0.25, 0.3) is 0 Å². The van der Waals surface area contributed by atoms with Gasteiger partial charge in [0.05, 0.1) is 28.7 Å². The smallest absolute Gasteiger partial charge is 0.153 e. The highest BCUT2D eigenvalue weighted by Crippen LogP contribution is 2.38. The molecule has 0 saturated carbocycles. The molecule has 3 heterocycles. The number of piperidine rings is 1. The largest absolute Gasteiger partial charge is 0.298 e. The molecule has 2 unspecified atom stereocenters. The summed E-state index contributed by atoms with van der Waals surface area (Å²) in [5.74, 6) is 0.301. The van der Waals surface area contributed by atoms with Crippen molar-refractivity contribution in [1.82, 2.24) is 8.83 Å². The van der Waals surface area contributed by atoms with Crippen molar-refractivity contribution in [3.05, 3.63) is 23.4 Å². The van der Waals surface area contributed by atoms with E-state index in [1.165, 1.54) is 11.1 Å². The van der Waals surface area contributed by atoms with E-state index in [0.29, 0.717) is 24.8 Å². The van der Waals surface area contributed by atoms with Gasteiger partial charge in [-0.3, -0.25) is 18.6 Å². The highest BCUT2D eigenvalue weighted by molar-refractivity contribution is 9.07. The van der Waals surface area contributed by atoms with Crippen molar-refractivity contribution in [3.8, 4) is 0 Å². The van der Waals surface area contributed by atoms with Crippen molar-refractivity contribution in [2.45, 2.75) is 44.9 Å². The Hall–Kier alpha value is -0.940. The third kappa shape index (κ3) is 2.19. The van der Waals surface area contributed by atoms with E-state index in [-0.39, 0.29) is 12.2 Å². The lowest BCUT2D eigenvalue weighted by Gasteiger charge is -2.46. The Morgan fingerprint density at radius 3 is 3.00 bits per heavy atom. The van der Waals surface area contributed by atoms with Gasteiger partial charge in [0, 0.05) is 31.3 Å². The van der Waals surface area contributed by atoms with Crippen molar-refractivity contribution in [2.75, 3.05) is 6.54 Å². The number of aliphatic imine (C=N–C) groups is 1. The van der Waals surface area contributed by atoms with Gasteiger partial charge in [-0.05, 0) is 25.0 Å². The number of rotatable bonds is 1. The molecule has 0 aromatic carbocycles. The van der Waals surface area contributed by atoms with Crippen LogP contribution in [0.15, 0.2) is 28.4 Å². The molecule has 19 heavy (non-hydrogen) atoms.